The van der Waals surface area contributed by atoms with Crippen LogP contribution in [0.1, 0.15) is 50.9 Å². The Labute approximate surface area is 140 Å². The monoisotopic (exact) mass is 306 g/mol. The van der Waals surface area contributed by atoms with Gasteiger partial charge in [0.15, 0.2) is 0 Å². The smallest absolute Gasteiger partial charge is 0.0724 e. The van der Waals surface area contributed by atoms with E-state index in [1.54, 1.807) is 0 Å². The van der Waals surface area contributed by atoms with Crippen molar-refractivity contribution in [2.75, 3.05) is 0 Å². The molecule has 0 radical (unpaired) electrons. The molecule has 0 unspecified atom stereocenters. The number of hydrogen-bond donors (Lipinski definition) is 1. The van der Waals surface area contributed by atoms with Crippen molar-refractivity contribution in [1.82, 2.24) is 5.32 Å². The maximum atomic E-state index is 4.77. The third-order valence-electron chi connectivity index (χ3n) is 3.85. The summed E-state index contributed by atoms with van der Waals surface area (Å²) in [6.45, 7) is 8.44. The highest BCUT2D eigenvalue weighted by atomic mass is 14.9. The second kappa shape index (κ2) is 8.33. The molecule has 1 N–H and O–H groups in total. The minimum absolute atomic E-state index is 0.173. The highest BCUT2D eigenvalue weighted by molar-refractivity contribution is 5.93. The number of aliphatic imine (C=N–C) groups is 1. The third kappa shape index (κ3) is 5.41. The van der Waals surface area contributed by atoms with Crippen molar-refractivity contribution in [3.8, 4) is 0 Å². The van der Waals surface area contributed by atoms with Crippen LogP contribution in [0.3, 0.4) is 0 Å². The van der Waals surface area contributed by atoms with Crippen LogP contribution < -0.4 is 5.32 Å². The van der Waals surface area contributed by atoms with Crippen LogP contribution in [0.25, 0.3) is 0 Å². The molecule has 2 rings (SSSR count). The molecule has 0 aromatic heterocycles. The third-order valence-corrected chi connectivity index (χ3v) is 3.85. The van der Waals surface area contributed by atoms with Gasteiger partial charge in [0.1, 0.15) is 0 Å². The van der Waals surface area contributed by atoms with Gasteiger partial charge in [-0.25, -0.2) is 0 Å². The van der Waals surface area contributed by atoms with E-state index in [1.165, 1.54) is 11.1 Å². The van der Waals surface area contributed by atoms with Crippen molar-refractivity contribution in [1.29, 1.82) is 0 Å². The number of allylic oxidation sites excluding steroid dienone is 2. The van der Waals surface area contributed by atoms with Crippen LogP contribution in [0.15, 0.2) is 77.4 Å². The minimum atomic E-state index is 0.173. The lowest BCUT2D eigenvalue weighted by Gasteiger charge is -2.16. The molecule has 2 heteroatoms. The topological polar surface area (TPSA) is 24.4 Å². The van der Waals surface area contributed by atoms with Crippen molar-refractivity contribution in [2.24, 2.45) is 4.99 Å². The summed E-state index contributed by atoms with van der Waals surface area (Å²) in [5.74, 6) is 0. The average molecular weight is 306 g/mol. The molecule has 0 saturated carbocycles. The molecule has 2 nitrogen and oxygen atoms in total. The van der Waals surface area contributed by atoms with Gasteiger partial charge in [-0.1, -0.05) is 60.7 Å². The summed E-state index contributed by atoms with van der Waals surface area (Å²) in [6.07, 6.45) is 2.11. The van der Waals surface area contributed by atoms with Crippen LogP contribution >= 0.6 is 0 Å². The van der Waals surface area contributed by atoms with Crippen molar-refractivity contribution >= 4 is 5.71 Å². The van der Waals surface area contributed by atoms with Gasteiger partial charge in [-0.05, 0) is 44.9 Å². The highest BCUT2D eigenvalue weighted by Gasteiger charge is 2.05. The van der Waals surface area contributed by atoms with Gasteiger partial charge in [0.05, 0.1) is 6.04 Å². The standard InChI is InChI=1S/C21H26N2/c1-16(22-18(3)20-11-7-5-8-12-20)15-17(2)23-19(4)21-13-9-6-10-14-21/h5-15,18-19,22H,1-4H3/b16-15+,23-17?/t18-,19-/m0/s1. The summed E-state index contributed by atoms with van der Waals surface area (Å²) in [7, 11) is 0. The van der Waals surface area contributed by atoms with Crippen LogP contribution in [0.5, 0.6) is 0 Å². The molecule has 0 amide bonds. The fourth-order valence-electron chi connectivity index (χ4n) is 2.67. The fraction of sp³-hybridized carbons (Fsp3) is 0.286. The molecule has 0 aliphatic rings. The number of rotatable bonds is 6. The zero-order valence-electron chi connectivity index (χ0n) is 14.5. The molecule has 2 aromatic rings. The lowest BCUT2D eigenvalue weighted by atomic mass is 10.1. The van der Waals surface area contributed by atoms with Crippen LogP contribution in [0, 0.1) is 0 Å². The van der Waals surface area contributed by atoms with E-state index in [2.05, 4.69) is 87.6 Å². The molecule has 0 saturated heterocycles. The number of hydrogen-bond acceptors (Lipinski definition) is 2. The number of nitrogens with zero attached hydrogens (tertiary/aromatic N) is 1. The lowest BCUT2D eigenvalue weighted by molar-refractivity contribution is 0.654. The van der Waals surface area contributed by atoms with Gasteiger partial charge in [0.2, 0.25) is 0 Å². The van der Waals surface area contributed by atoms with Crippen LogP contribution in [0.2, 0.25) is 0 Å². The zero-order valence-corrected chi connectivity index (χ0v) is 14.5. The molecule has 120 valence electrons. The van der Waals surface area contributed by atoms with E-state index < -0.39 is 0 Å². The van der Waals surface area contributed by atoms with Gasteiger partial charge in [-0.3, -0.25) is 4.99 Å². The molecular weight excluding hydrogens is 280 g/mol. The Morgan fingerprint density at radius 2 is 1.39 bits per heavy atom. The summed E-state index contributed by atoms with van der Waals surface area (Å²) < 4.78 is 0. The summed E-state index contributed by atoms with van der Waals surface area (Å²) >= 11 is 0. The SMILES string of the molecule is CC(/C=C(\C)N[C@@H](C)c1ccccc1)=N[C@@H](C)c1ccccc1. The van der Waals surface area contributed by atoms with E-state index in [1.807, 2.05) is 12.1 Å². The molecule has 2 aromatic carbocycles. The predicted molar refractivity (Wildman–Crippen MR) is 99.7 cm³/mol. The molecule has 0 bridgehead atoms. The molecule has 0 spiro atoms. The molecule has 0 aliphatic heterocycles. The first kappa shape index (κ1) is 17.0. The van der Waals surface area contributed by atoms with E-state index in [0.717, 1.165) is 11.4 Å². The first-order chi connectivity index (χ1) is 11.1. The summed E-state index contributed by atoms with van der Waals surface area (Å²) in [5.41, 5.74) is 4.69. The van der Waals surface area contributed by atoms with Gasteiger partial charge in [0.25, 0.3) is 0 Å². The van der Waals surface area contributed by atoms with E-state index in [-0.39, 0.29) is 12.1 Å². The van der Waals surface area contributed by atoms with Crippen molar-refractivity contribution in [3.63, 3.8) is 0 Å². The molecular formula is C21H26N2. The maximum absolute atomic E-state index is 4.77. The minimum Gasteiger partial charge on any atom is -0.382 e. The Hall–Kier alpha value is -2.35. The van der Waals surface area contributed by atoms with Gasteiger partial charge in [-0.15, -0.1) is 0 Å². The second-order valence-corrected chi connectivity index (χ2v) is 5.96. The van der Waals surface area contributed by atoms with Gasteiger partial charge >= 0.3 is 0 Å². The molecule has 23 heavy (non-hydrogen) atoms. The highest BCUT2D eigenvalue weighted by Crippen LogP contribution is 2.17. The quantitative estimate of drug-likeness (QED) is 0.704. The Balaban J connectivity index is 2.00. The van der Waals surface area contributed by atoms with Crippen molar-refractivity contribution in [2.45, 2.75) is 39.8 Å². The first-order valence-corrected chi connectivity index (χ1v) is 8.15. The Bertz CT molecular complexity index is 657. The summed E-state index contributed by atoms with van der Waals surface area (Å²) in [5, 5.41) is 3.52. The van der Waals surface area contributed by atoms with Gasteiger partial charge in [-0.2, -0.15) is 0 Å². The molecule has 2 atom stereocenters. The van der Waals surface area contributed by atoms with Crippen molar-refractivity contribution < 1.29 is 0 Å². The van der Waals surface area contributed by atoms with Gasteiger partial charge < -0.3 is 5.32 Å². The zero-order chi connectivity index (χ0) is 16.7. The van der Waals surface area contributed by atoms with E-state index in [4.69, 9.17) is 4.99 Å². The van der Waals surface area contributed by atoms with Crippen LogP contribution in [-0.4, -0.2) is 5.71 Å². The Morgan fingerprint density at radius 3 is 1.96 bits per heavy atom. The first-order valence-electron chi connectivity index (χ1n) is 8.15. The second-order valence-electron chi connectivity index (χ2n) is 5.96. The largest absolute Gasteiger partial charge is 0.382 e. The predicted octanol–water partition coefficient (Wildman–Crippen LogP) is 5.46. The fourth-order valence-corrected chi connectivity index (χ4v) is 2.67. The lowest BCUT2D eigenvalue weighted by Crippen LogP contribution is -2.17. The van der Waals surface area contributed by atoms with E-state index in [9.17, 15) is 0 Å². The van der Waals surface area contributed by atoms with Gasteiger partial charge in [0, 0.05) is 17.5 Å². The average Bonchev–Trinajstić information content (AvgIpc) is 2.56. The summed E-state index contributed by atoms with van der Waals surface area (Å²) in [4.78, 5) is 4.77. The number of benzene rings is 2. The van der Waals surface area contributed by atoms with E-state index >= 15 is 0 Å². The normalized spacial score (nSPS) is 15.1. The van der Waals surface area contributed by atoms with Crippen molar-refractivity contribution in [3.05, 3.63) is 83.6 Å². The maximum Gasteiger partial charge on any atom is 0.0724 e. The molecule has 0 aliphatic carbocycles. The molecule has 0 heterocycles. The van der Waals surface area contributed by atoms with Crippen LogP contribution in [0.4, 0.5) is 0 Å². The van der Waals surface area contributed by atoms with Crippen LogP contribution in [-0.2, 0) is 0 Å². The summed E-state index contributed by atoms with van der Waals surface area (Å²) in [6, 6.07) is 21.3. The van der Waals surface area contributed by atoms with E-state index in [0.29, 0.717) is 0 Å². The number of nitrogens with one attached hydrogen (secondary N) is 1. The Morgan fingerprint density at radius 1 is 0.870 bits per heavy atom. The Kier molecular flexibility index (Phi) is 6.16. The molecule has 0 fully saturated rings.